The number of carboxylic acids is 1. The third-order valence-electron chi connectivity index (χ3n) is 2.43. The van der Waals surface area contributed by atoms with E-state index < -0.39 is 5.97 Å². The average Bonchev–Trinajstić information content (AvgIpc) is 2.18. The van der Waals surface area contributed by atoms with Gasteiger partial charge in [0, 0.05) is 11.1 Å². The molecule has 72 valence electrons. The second-order valence-electron chi connectivity index (χ2n) is 3.32. The Bertz CT molecular complexity index is 419. The first-order valence-electron chi connectivity index (χ1n) is 4.43. The topological polar surface area (TPSA) is 57.5 Å². The van der Waals surface area contributed by atoms with Gasteiger partial charge in [0.1, 0.15) is 5.75 Å². The predicted octanol–water partition coefficient (Wildman–Crippen LogP) is 1.81. The van der Waals surface area contributed by atoms with Crippen LogP contribution in [-0.4, -0.2) is 16.2 Å². The largest absolute Gasteiger partial charge is 0.507 e. The van der Waals surface area contributed by atoms with Crippen molar-refractivity contribution in [2.45, 2.75) is 12.8 Å². The Morgan fingerprint density at radius 1 is 1.29 bits per heavy atom. The number of carboxylic acid groups (broad SMARTS) is 1. The highest BCUT2D eigenvalue weighted by Gasteiger charge is 2.16. The summed E-state index contributed by atoms with van der Waals surface area (Å²) in [5.41, 5.74) is 2.02. The zero-order valence-electron chi connectivity index (χ0n) is 7.53. The van der Waals surface area contributed by atoms with E-state index in [-0.39, 0.29) is 5.75 Å². The predicted molar refractivity (Wildman–Crippen MR) is 52.0 cm³/mol. The van der Waals surface area contributed by atoms with E-state index in [4.69, 9.17) is 5.11 Å². The summed E-state index contributed by atoms with van der Waals surface area (Å²) in [6.07, 6.45) is 2.77. The summed E-state index contributed by atoms with van der Waals surface area (Å²) < 4.78 is 0. The second-order valence-corrected chi connectivity index (χ2v) is 3.32. The Morgan fingerprint density at radius 2 is 2.07 bits per heavy atom. The van der Waals surface area contributed by atoms with Crippen LogP contribution < -0.4 is 0 Å². The fourth-order valence-electron chi connectivity index (χ4n) is 1.67. The Labute approximate surface area is 81.3 Å². The van der Waals surface area contributed by atoms with E-state index >= 15 is 0 Å². The third kappa shape index (κ3) is 1.37. The minimum absolute atomic E-state index is 0.154. The summed E-state index contributed by atoms with van der Waals surface area (Å²) in [5, 5.41) is 18.3. The van der Waals surface area contributed by atoms with Crippen LogP contribution in [0.15, 0.2) is 23.8 Å². The summed E-state index contributed by atoms with van der Waals surface area (Å²) in [7, 11) is 0. The summed E-state index contributed by atoms with van der Waals surface area (Å²) >= 11 is 0. The maximum Gasteiger partial charge on any atom is 0.331 e. The Hall–Kier alpha value is -1.77. The number of fused-ring (bicyclic) bond motifs is 1. The molecule has 2 N–H and O–H groups in total. The molecule has 2 rings (SSSR count). The smallest absolute Gasteiger partial charge is 0.331 e. The van der Waals surface area contributed by atoms with Crippen molar-refractivity contribution in [1.29, 1.82) is 0 Å². The van der Waals surface area contributed by atoms with Gasteiger partial charge in [-0.3, -0.25) is 0 Å². The fourth-order valence-corrected chi connectivity index (χ4v) is 1.67. The van der Waals surface area contributed by atoms with Crippen molar-refractivity contribution in [3.63, 3.8) is 0 Å². The first-order chi connectivity index (χ1) is 6.68. The molecule has 3 nitrogen and oxygen atoms in total. The maximum absolute atomic E-state index is 10.7. The van der Waals surface area contributed by atoms with Crippen LogP contribution in [-0.2, 0) is 11.2 Å². The number of benzene rings is 1. The van der Waals surface area contributed by atoms with Crippen molar-refractivity contribution < 1.29 is 15.0 Å². The quantitative estimate of drug-likeness (QED) is 0.710. The lowest BCUT2D eigenvalue weighted by Gasteiger charge is -2.14. The van der Waals surface area contributed by atoms with E-state index in [0.717, 1.165) is 5.56 Å². The number of aryl methyl sites for hydroxylation is 1. The molecule has 0 bridgehead atoms. The van der Waals surface area contributed by atoms with Gasteiger partial charge < -0.3 is 10.2 Å². The lowest BCUT2D eigenvalue weighted by molar-refractivity contribution is -0.132. The molecule has 0 radical (unpaired) electrons. The summed E-state index contributed by atoms with van der Waals surface area (Å²) in [5.74, 6) is -0.750. The van der Waals surface area contributed by atoms with Gasteiger partial charge in [0.25, 0.3) is 0 Å². The van der Waals surface area contributed by atoms with E-state index in [1.165, 1.54) is 0 Å². The molecule has 0 spiro atoms. The standard InChI is InChI=1S/C11H10O3/c12-10-3-1-2-7-4-5-8(11(13)14)6-9(7)10/h1-3,6,12H,4-5H2,(H,13,14). The van der Waals surface area contributed by atoms with Crippen LogP contribution >= 0.6 is 0 Å². The van der Waals surface area contributed by atoms with Gasteiger partial charge in [-0.05, 0) is 30.5 Å². The molecule has 0 unspecified atom stereocenters. The van der Waals surface area contributed by atoms with Gasteiger partial charge in [-0.25, -0.2) is 4.79 Å². The molecule has 0 fully saturated rings. The van der Waals surface area contributed by atoms with E-state index in [2.05, 4.69) is 0 Å². The highest BCUT2D eigenvalue weighted by Crippen LogP contribution is 2.30. The molecule has 0 saturated heterocycles. The molecule has 0 aromatic heterocycles. The van der Waals surface area contributed by atoms with E-state index in [9.17, 15) is 9.90 Å². The molecular formula is C11H10O3. The van der Waals surface area contributed by atoms with Crippen LogP contribution in [0.1, 0.15) is 17.5 Å². The van der Waals surface area contributed by atoms with Crippen LogP contribution in [0, 0.1) is 0 Å². The fraction of sp³-hybridized carbons (Fsp3) is 0.182. The normalized spacial score (nSPS) is 14.4. The van der Waals surface area contributed by atoms with Crippen molar-refractivity contribution in [1.82, 2.24) is 0 Å². The Morgan fingerprint density at radius 3 is 2.79 bits per heavy atom. The summed E-state index contributed by atoms with van der Waals surface area (Å²) in [6.45, 7) is 0. The molecule has 3 heteroatoms. The molecule has 1 aliphatic rings. The zero-order chi connectivity index (χ0) is 10.1. The van der Waals surface area contributed by atoms with E-state index in [0.29, 0.717) is 24.0 Å². The monoisotopic (exact) mass is 190 g/mol. The molecule has 0 heterocycles. The number of hydrogen-bond acceptors (Lipinski definition) is 2. The minimum atomic E-state index is -0.904. The molecular weight excluding hydrogens is 180 g/mol. The van der Waals surface area contributed by atoms with Gasteiger partial charge in [-0.2, -0.15) is 0 Å². The van der Waals surface area contributed by atoms with Gasteiger partial charge in [0.2, 0.25) is 0 Å². The van der Waals surface area contributed by atoms with Gasteiger partial charge in [-0.1, -0.05) is 12.1 Å². The molecule has 0 amide bonds. The van der Waals surface area contributed by atoms with Crippen LogP contribution in [0.25, 0.3) is 6.08 Å². The maximum atomic E-state index is 10.7. The van der Waals surface area contributed by atoms with Crippen LogP contribution in [0.2, 0.25) is 0 Å². The number of aliphatic carboxylic acids is 1. The zero-order valence-corrected chi connectivity index (χ0v) is 7.53. The molecule has 1 aliphatic carbocycles. The Balaban J connectivity index is 2.52. The van der Waals surface area contributed by atoms with E-state index in [1.807, 2.05) is 6.07 Å². The number of phenolic OH excluding ortho intramolecular Hbond substituents is 1. The van der Waals surface area contributed by atoms with Gasteiger partial charge in [0.15, 0.2) is 0 Å². The first kappa shape index (κ1) is 8.81. The molecule has 0 atom stereocenters. The van der Waals surface area contributed by atoms with Crippen molar-refractivity contribution in [3.05, 3.63) is 34.9 Å². The summed E-state index contributed by atoms with van der Waals surface area (Å²) in [6, 6.07) is 5.25. The number of aromatic hydroxyl groups is 1. The highest BCUT2D eigenvalue weighted by molar-refractivity contribution is 5.93. The third-order valence-corrected chi connectivity index (χ3v) is 2.43. The Kier molecular flexibility index (Phi) is 2.00. The SMILES string of the molecule is O=C(O)C1=Cc2c(O)cccc2CC1. The summed E-state index contributed by atoms with van der Waals surface area (Å²) in [4.78, 5) is 10.7. The number of carbonyl (C=O) groups is 1. The molecule has 14 heavy (non-hydrogen) atoms. The molecule has 0 aliphatic heterocycles. The van der Waals surface area contributed by atoms with Crippen LogP contribution in [0.5, 0.6) is 5.75 Å². The number of phenols is 1. The minimum Gasteiger partial charge on any atom is -0.507 e. The average molecular weight is 190 g/mol. The molecule has 1 aromatic rings. The van der Waals surface area contributed by atoms with Crippen molar-refractivity contribution in [3.8, 4) is 5.75 Å². The number of hydrogen-bond donors (Lipinski definition) is 2. The van der Waals surface area contributed by atoms with Crippen molar-refractivity contribution in [2.24, 2.45) is 0 Å². The van der Waals surface area contributed by atoms with Crippen LogP contribution in [0.3, 0.4) is 0 Å². The molecule has 0 saturated carbocycles. The van der Waals surface area contributed by atoms with Gasteiger partial charge in [-0.15, -0.1) is 0 Å². The lowest BCUT2D eigenvalue weighted by atomic mass is 9.92. The van der Waals surface area contributed by atoms with Crippen molar-refractivity contribution in [2.75, 3.05) is 0 Å². The first-order valence-corrected chi connectivity index (χ1v) is 4.43. The van der Waals surface area contributed by atoms with Gasteiger partial charge in [0.05, 0.1) is 0 Å². The highest BCUT2D eigenvalue weighted by atomic mass is 16.4. The molecule has 1 aromatic carbocycles. The second kappa shape index (κ2) is 3.18. The lowest BCUT2D eigenvalue weighted by Crippen LogP contribution is -2.07. The van der Waals surface area contributed by atoms with Crippen molar-refractivity contribution >= 4 is 12.0 Å². The van der Waals surface area contributed by atoms with Gasteiger partial charge >= 0.3 is 5.97 Å². The van der Waals surface area contributed by atoms with Crippen LogP contribution in [0.4, 0.5) is 0 Å². The number of rotatable bonds is 1. The van der Waals surface area contributed by atoms with E-state index in [1.54, 1.807) is 18.2 Å².